The van der Waals surface area contributed by atoms with Crippen molar-refractivity contribution in [2.24, 2.45) is 5.92 Å². The second-order valence-corrected chi connectivity index (χ2v) is 5.31. The van der Waals surface area contributed by atoms with Crippen molar-refractivity contribution in [2.75, 3.05) is 7.05 Å². The quantitative estimate of drug-likeness (QED) is 0.718. The number of hydrogen-bond acceptors (Lipinski definition) is 2. The van der Waals surface area contributed by atoms with Crippen molar-refractivity contribution in [1.82, 2.24) is 4.90 Å². The molecule has 0 spiro atoms. The first-order chi connectivity index (χ1) is 6.24. The zero-order valence-corrected chi connectivity index (χ0v) is 11.1. The van der Waals surface area contributed by atoms with E-state index >= 15 is 0 Å². The number of carbonyl (C=O) groups excluding carboxylic acids is 1. The molecule has 0 aliphatic rings. The summed E-state index contributed by atoms with van der Waals surface area (Å²) in [5.41, 5.74) is -0.0764. The van der Waals surface area contributed by atoms with E-state index in [0.717, 1.165) is 6.42 Å². The molecule has 0 fully saturated rings. The van der Waals surface area contributed by atoms with Crippen LogP contribution in [0.5, 0.6) is 0 Å². The molecule has 2 nitrogen and oxygen atoms in total. The first kappa shape index (κ1) is 13.8. The normalized spacial score (nSPS) is 14.3. The van der Waals surface area contributed by atoms with Gasteiger partial charge in [0.05, 0.1) is 5.25 Å². The number of nitrogens with zero attached hydrogens (tertiary/aromatic N) is 1. The van der Waals surface area contributed by atoms with Crippen LogP contribution in [0, 0.1) is 5.92 Å². The van der Waals surface area contributed by atoms with E-state index in [-0.39, 0.29) is 22.6 Å². The minimum Gasteiger partial charge on any atom is -0.340 e. The molecule has 84 valence electrons. The Morgan fingerprint density at radius 2 is 1.86 bits per heavy atom. The lowest BCUT2D eigenvalue weighted by atomic mass is 9.98. The second-order valence-electron chi connectivity index (χ2n) is 4.75. The van der Waals surface area contributed by atoms with Gasteiger partial charge in [-0.05, 0) is 26.2 Å². The van der Waals surface area contributed by atoms with Crippen LogP contribution in [0.25, 0.3) is 0 Å². The molecule has 0 aromatic heterocycles. The van der Waals surface area contributed by atoms with Gasteiger partial charge < -0.3 is 4.90 Å². The first-order valence-corrected chi connectivity index (χ1v) is 5.71. The molecule has 0 saturated carbocycles. The van der Waals surface area contributed by atoms with Gasteiger partial charge in [0.25, 0.3) is 0 Å². The topological polar surface area (TPSA) is 20.3 Å². The van der Waals surface area contributed by atoms with Gasteiger partial charge in [0.2, 0.25) is 5.91 Å². The number of thiol groups is 1. The number of rotatable bonds is 4. The summed E-state index contributed by atoms with van der Waals surface area (Å²) >= 11 is 4.34. The SMILES string of the molecule is CCC(C)(C)N(C)C(=O)C(S)C(C)C. The van der Waals surface area contributed by atoms with Gasteiger partial charge >= 0.3 is 0 Å². The van der Waals surface area contributed by atoms with Crippen LogP contribution in [0.1, 0.15) is 41.0 Å². The summed E-state index contributed by atoms with van der Waals surface area (Å²) in [6.07, 6.45) is 0.952. The molecule has 0 aliphatic carbocycles. The van der Waals surface area contributed by atoms with E-state index in [2.05, 4.69) is 33.4 Å². The van der Waals surface area contributed by atoms with Crippen LogP contribution in [-0.2, 0) is 4.79 Å². The van der Waals surface area contributed by atoms with Gasteiger partial charge in [0.1, 0.15) is 0 Å². The van der Waals surface area contributed by atoms with Gasteiger partial charge in [0.15, 0.2) is 0 Å². The van der Waals surface area contributed by atoms with Gasteiger partial charge in [-0.2, -0.15) is 12.6 Å². The maximum absolute atomic E-state index is 11.9. The maximum Gasteiger partial charge on any atom is 0.235 e. The highest BCUT2D eigenvalue weighted by molar-refractivity contribution is 7.81. The predicted molar refractivity (Wildman–Crippen MR) is 64.8 cm³/mol. The molecule has 0 aliphatic heterocycles. The average molecular weight is 217 g/mol. The van der Waals surface area contributed by atoms with Crippen LogP contribution >= 0.6 is 12.6 Å². The maximum atomic E-state index is 11.9. The Labute approximate surface area is 93.5 Å². The largest absolute Gasteiger partial charge is 0.340 e. The van der Waals surface area contributed by atoms with E-state index in [0.29, 0.717) is 0 Å². The van der Waals surface area contributed by atoms with Crippen LogP contribution in [0.3, 0.4) is 0 Å². The summed E-state index contributed by atoms with van der Waals surface area (Å²) in [7, 11) is 1.86. The summed E-state index contributed by atoms with van der Waals surface area (Å²) in [5.74, 6) is 0.399. The minimum atomic E-state index is -0.189. The first-order valence-electron chi connectivity index (χ1n) is 5.19. The number of amides is 1. The van der Waals surface area contributed by atoms with Crippen molar-refractivity contribution in [2.45, 2.75) is 51.8 Å². The molecular weight excluding hydrogens is 194 g/mol. The van der Waals surface area contributed by atoms with Crippen LogP contribution in [0.4, 0.5) is 0 Å². The van der Waals surface area contributed by atoms with Gasteiger partial charge in [0, 0.05) is 12.6 Å². The lowest BCUT2D eigenvalue weighted by Gasteiger charge is -2.37. The van der Waals surface area contributed by atoms with Crippen molar-refractivity contribution in [3.8, 4) is 0 Å². The molecule has 0 radical (unpaired) electrons. The monoisotopic (exact) mass is 217 g/mol. The fourth-order valence-corrected chi connectivity index (χ4v) is 1.19. The van der Waals surface area contributed by atoms with Crippen molar-refractivity contribution in [3.63, 3.8) is 0 Å². The highest BCUT2D eigenvalue weighted by Gasteiger charge is 2.30. The van der Waals surface area contributed by atoms with Crippen LogP contribution in [0.2, 0.25) is 0 Å². The standard InChI is InChI=1S/C11H23NOS/c1-7-11(4,5)12(6)10(13)9(14)8(2)3/h8-9,14H,7H2,1-6H3. The van der Waals surface area contributed by atoms with E-state index in [4.69, 9.17) is 0 Å². The van der Waals surface area contributed by atoms with Crippen molar-refractivity contribution >= 4 is 18.5 Å². The Morgan fingerprint density at radius 3 is 2.14 bits per heavy atom. The third-order valence-electron chi connectivity index (χ3n) is 2.99. The summed E-state index contributed by atoms with van der Waals surface area (Å²) in [6.45, 7) is 10.3. The molecule has 0 heterocycles. The van der Waals surface area contributed by atoms with Crippen molar-refractivity contribution in [1.29, 1.82) is 0 Å². The summed E-state index contributed by atoms with van der Waals surface area (Å²) in [5, 5.41) is -0.189. The van der Waals surface area contributed by atoms with Gasteiger partial charge in [-0.3, -0.25) is 4.79 Å². The zero-order valence-electron chi connectivity index (χ0n) is 10.2. The Balaban J connectivity index is 4.55. The summed E-state index contributed by atoms with van der Waals surface area (Å²) in [4.78, 5) is 13.7. The predicted octanol–water partition coefficient (Wildman–Crippen LogP) is 2.59. The average Bonchev–Trinajstić information content (AvgIpc) is 2.14. The van der Waals surface area contributed by atoms with Crippen LogP contribution in [-0.4, -0.2) is 28.6 Å². The fraction of sp³-hybridized carbons (Fsp3) is 0.909. The molecular formula is C11H23NOS. The molecule has 1 amide bonds. The zero-order chi connectivity index (χ0) is 11.5. The molecule has 1 unspecified atom stereocenters. The molecule has 0 aromatic rings. The Bertz CT molecular complexity index is 201. The van der Waals surface area contributed by atoms with Crippen LogP contribution in [0.15, 0.2) is 0 Å². The lowest BCUT2D eigenvalue weighted by molar-refractivity contribution is -0.134. The molecule has 14 heavy (non-hydrogen) atoms. The molecule has 0 N–H and O–H groups in total. The number of hydrogen-bond donors (Lipinski definition) is 1. The molecule has 0 bridgehead atoms. The van der Waals surface area contributed by atoms with E-state index in [1.54, 1.807) is 0 Å². The van der Waals surface area contributed by atoms with E-state index < -0.39 is 0 Å². The number of carbonyl (C=O) groups is 1. The third kappa shape index (κ3) is 3.19. The van der Waals surface area contributed by atoms with Gasteiger partial charge in [-0.25, -0.2) is 0 Å². The Hall–Kier alpha value is -0.180. The highest BCUT2D eigenvalue weighted by atomic mass is 32.1. The molecule has 1 atom stereocenters. The lowest BCUT2D eigenvalue weighted by Crippen LogP contribution is -2.48. The van der Waals surface area contributed by atoms with E-state index in [9.17, 15) is 4.79 Å². The summed E-state index contributed by atoms with van der Waals surface area (Å²) < 4.78 is 0. The Kier molecular flexibility index (Phi) is 4.99. The molecule has 3 heteroatoms. The fourth-order valence-electron chi connectivity index (χ4n) is 1.02. The molecule has 0 rings (SSSR count). The highest BCUT2D eigenvalue weighted by Crippen LogP contribution is 2.21. The molecule has 0 aromatic carbocycles. The molecule has 0 saturated heterocycles. The van der Waals surface area contributed by atoms with Crippen LogP contribution < -0.4 is 0 Å². The van der Waals surface area contributed by atoms with Crippen molar-refractivity contribution < 1.29 is 4.79 Å². The van der Waals surface area contributed by atoms with Gasteiger partial charge in [-0.1, -0.05) is 20.8 Å². The summed E-state index contributed by atoms with van der Waals surface area (Å²) in [6, 6.07) is 0. The van der Waals surface area contributed by atoms with E-state index in [1.807, 2.05) is 25.8 Å². The smallest absolute Gasteiger partial charge is 0.235 e. The van der Waals surface area contributed by atoms with Gasteiger partial charge in [-0.15, -0.1) is 0 Å². The second kappa shape index (κ2) is 5.06. The van der Waals surface area contributed by atoms with E-state index in [1.165, 1.54) is 0 Å². The third-order valence-corrected chi connectivity index (χ3v) is 3.81. The minimum absolute atomic E-state index is 0.0764. The Morgan fingerprint density at radius 1 is 1.43 bits per heavy atom. The van der Waals surface area contributed by atoms with Crippen molar-refractivity contribution in [3.05, 3.63) is 0 Å².